The first-order chi connectivity index (χ1) is 29.7. The number of aromatic nitrogens is 1. The number of nitrogens with zero attached hydrogens (tertiary/aromatic N) is 2. The lowest BCUT2D eigenvalue weighted by Crippen LogP contribution is -2.19. The molecular formula is C52H96N2O6S. The van der Waals surface area contributed by atoms with Crippen LogP contribution in [0.25, 0.3) is 0 Å². The highest BCUT2D eigenvalue weighted by molar-refractivity contribution is 7.09. The molecule has 0 saturated carbocycles. The highest BCUT2D eigenvalue weighted by Gasteiger charge is 2.19. The summed E-state index contributed by atoms with van der Waals surface area (Å²) in [6, 6.07) is 0. The van der Waals surface area contributed by atoms with Crippen LogP contribution in [0, 0.1) is 11.8 Å². The van der Waals surface area contributed by atoms with E-state index in [1.165, 1.54) is 103 Å². The van der Waals surface area contributed by atoms with Gasteiger partial charge in [-0.1, -0.05) is 169 Å². The predicted molar refractivity (Wildman–Crippen MR) is 258 cm³/mol. The van der Waals surface area contributed by atoms with E-state index < -0.39 is 0 Å². The standard InChI is InChI=1S/C52H96N2O6S/c1-7-11-21-30-45(31-22-12-8-2)39-42-58-50(55)37-27-19-15-17-25-34-47(60-52(57)48-44-61-49(53-48)36-29-41-54(5)6)35-26-18-16-20-28-38-51(56)59-43-40-46(32-23-13-9-3)33-24-14-10-4/h44-47H,7-43H2,1-6H3. The Morgan fingerprint density at radius 1 is 0.541 bits per heavy atom. The molecule has 1 heterocycles. The smallest absolute Gasteiger partial charge is 0.358 e. The molecule has 1 aromatic rings. The quantitative estimate of drug-likeness (QED) is 0.0363. The van der Waals surface area contributed by atoms with Crippen LogP contribution in [0.1, 0.15) is 255 Å². The van der Waals surface area contributed by atoms with E-state index in [2.05, 4.69) is 51.7 Å². The third-order valence-corrected chi connectivity index (χ3v) is 13.2. The van der Waals surface area contributed by atoms with E-state index in [4.69, 9.17) is 14.2 Å². The minimum absolute atomic E-state index is 0.0506. The van der Waals surface area contributed by atoms with Crippen LogP contribution in [0.3, 0.4) is 0 Å². The maximum atomic E-state index is 13.2. The largest absolute Gasteiger partial charge is 0.466 e. The second-order valence-electron chi connectivity index (χ2n) is 18.4. The molecule has 0 atom stereocenters. The van der Waals surface area contributed by atoms with Crippen molar-refractivity contribution < 1.29 is 28.6 Å². The summed E-state index contributed by atoms with van der Waals surface area (Å²) in [4.78, 5) is 44.9. The topological polar surface area (TPSA) is 95.0 Å². The summed E-state index contributed by atoms with van der Waals surface area (Å²) in [6.45, 7) is 11.1. The Bertz CT molecular complexity index is 1100. The first-order valence-corrected chi connectivity index (χ1v) is 26.7. The number of hydrogen-bond acceptors (Lipinski definition) is 9. The third kappa shape index (κ3) is 34.1. The highest BCUT2D eigenvalue weighted by atomic mass is 32.1. The number of hydrogen-bond donors (Lipinski definition) is 0. The van der Waals surface area contributed by atoms with E-state index in [0.717, 1.165) is 114 Å². The van der Waals surface area contributed by atoms with Crippen LogP contribution >= 0.6 is 11.3 Å². The fourth-order valence-corrected chi connectivity index (χ4v) is 9.11. The SMILES string of the molecule is CCCCCC(CCCCC)CCOC(=O)CCCCCCCC(CCCCCCCC(=O)OCCC(CCCCC)CCCCC)OC(=O)c1csc(CCCN(C)C)n1. The molecule has 0 fully saturated rings. The van der Waals surface area contributed by atoms with Crippen molar-refractivity contribution in [1.29, 1.82) is 0 Å². The van der Waals surface area contributed by atoms with Crippen LogP contribution in [0.5, 0.6) is 0 Å². The van der Waals surface area contributed by atoms with Gasteiger partial charge in [-0.3, -0.25) is 9.59 Å². The number of thiazole rings is 1. The average Bonchev–Trinajstić information content (AvgIpc) is 3.71. The van der Waals surface area contributed by atoms with Crippen LogP contribution in [0.15, 0.2) is 5.38 Å². The van der Waals surface area contributed by atoms with E-state index in [1.807, 2.05) is 5.38 Å². The number of unbranched alkanes of at least 4 members (excludes halogenated alkanes) is 16. The normalized spacial score (nSPS) is 11.7. The second kappa shape index (κ2) is 40.8. The molecule has 0 saturated heterocycles. The number of ether oxygens (including phenoxy) is 3. The summed E-state index contributed by atoms with van der Waals surface area (Å²) < 4.78 is 17.4. The Kier molecular flexibility index (Phi) is 38.1. The lowest BCUT2D eigenvalue weighted by atomic mass is 9.92. The molecule has 0 N–H and O–H groups in total. The molecule has 0 aliphatic heterocycles. The molecule has 1 aromatic heterocycles. The molecule has 8 nitrogen and oxygen atoms in total. The molecule has 0 unspecified atom stereocenters. The van der Waals surface area contributed by atoms with Gasteiger partial charge < -0.3 is 19.1 Å². The van der Waals surface area contributed by atoms with Crippen molar-refractivity contribution in [2.75, 3.05) is 33.9 Å². The van der Waals surface area contributed by atoms with Gasteiger partial charge in [0.15, 0.2) is 5.69 Å². The van der Waals surface area contributed by atoms with Crippen LogP contribution in [-0.2, 0) is 30.2 Å². The predicted octanol–water partition coefficient (Wildman–Crippen LogP) is 15.0. The van der Waals surface area contributed by atoms with Crippen molar-refractivity contribution in [2.24, 2.45) is 11.8 Å². The van der Waals surface area contributed by atoms with Crippen LogP contribution < -0.4 is 0 Å². The number of carbonyl (C=O) groups is 3. The number of carbonyl (C=O) groups excluding carboxylic acids is 3. The molecule has 0 bridgehead atoms. The zero-order valence-electron chi connectivity index (χ0n) is 40.7. The number of esters is 3. The molecule has 0 amide bonds. The Morgan fingerprint density at radius 2 is 0.951 bits per heavy atom. The molecule has 0 aromatic carbocycles. The fraction of sp³-hybridized carbons (Fsp3) is 0.885. The molecule has 1 rings (SSSR count). The summed E-state index contributed by atoms with van der Waals surface area (Å²) in [5, 5.41) is 2.83. The van der Waals surface area contributed by atoms with Gasteiger partial charge in [0.05, 0.1) is 18.2 Å². The first kappa shape index (κ1) is 57.0. The molecule has 356 valence electrons. The van der Waals surface area contributed by atoms with E-state index in [1.54, 1.807) is 11.3 Å². The van der Waals surface area contributed by atoms with E-state index >= 15 is 0 Å². The van der Waals surface area contributed by atoms with Gasteiger partial charge >= 0.3 is 17.9 Å². The Morgan fingerprint density at radius 3 is 1.38 bits per heavy atom. The van der Waals surface area contributed by atoms with Crippen molar-refractivity contribution in [1.82, 2.24) is 9.88 Å². The average molecular weight is 877 g/mol. The van der Waals surface area contributed by atoms with Gasteiger partial charge in [-0.15, -0.1) is 11.3 Å². The summed E-state index contributed by atoms with van der Waals surface area (Å²) >= 11 is 1.55. The van der Waals surface area contributed by atoms with Gasteiger partial charge in [0.1, 0.15) is 6.10 Å². The van der Waals surface area contributed by atoms with Gasteiger partial charge in [-0.25, -0.2) is 9.78 Å². The first-order valence-electron chi connectivity index (χ1n) is 25.8. The minimum Gasteiger partial charge on any atom is -0.466 e. The van der Waals surface area contributed by atoms with Crippen LogP contribution in [0.2, 0.25) is 0 Å². The minimum atomic E-state index is -0.307. The summed E-state index contributed by atoms with van der Waals surface area (Å²) in [5.74, 6) is 0.955. The van der Waals surface area contributed by atoms with Gasteiger partial charge in [-0.05, 0) is 90.3 Å². The van der Waals surface area contributed by atoms with Crippen molar-refractivity contribution >= 4 is 29.2 Å². The Hall–Kier alpha value is -2.00. The molecule has 0 spiro atoms. The molecule has 9 heteroatoms. The number of aryl methyl sites for hydroxylation is 1. The zero-order valence-corrected chi connectivity index (χ0v) is 41.5. The fourth-order valence-electron chi connectivity index (χ4n) is 8.30. The Labute approximate surface area is 380 Å². The molecular weight excluding hydrogens is 781 g/mol. The monoisotopic (exact) mass is 877 g/mol. The van der Waals surface area contributed by atoms with E-state index in [-0.39, 0.29) is 24.0 Å². The summed E-state index contributed by atoms with van der Waals surface area (Å²) in [7, 11) is 4.14. The van der Waals surface area contributed by atoms with Crippen molar-refractivity contribution in [3.05, 3.63) is 16.1 Å². The third-order valence-electron chi connectivity index (χ3n) is 12.3. The van der Waals surface area contributed by atoms with Crippen molar-refractivity contribution in [3.63, 3.8) is 0 Å². The van der Waals surface area contributed by atoms with E-state index in [0.29, 0.717) is 43.6 Å². The Balaban J connectivity index is 2.44. The van der Waals surface area contributed by atoms with Gasteiger partial charge in [0, 0.05) is 24.6 Å². The number of rotatable bonds is 44. The van der Waals surface area contributed by atoms with E-state index in [9.17, 15) is 14.4 Å². The van der Waals surface area contributed by atoms with Crippen molar-refractivity contribution in [3.8, 4) is 0 Å². The molecule has 0 aliphatic carbocycles. The molecule has 61 heavy (non-hydrogen) atoms. The lowest BCUT2D eigenvalue weighted by Gasteiger charge is -2.18. The maximum absolute atomic E-state index is 13.2. The lowest BCUT2D eigenvalue weighted by molar-refractivity contribution is -0.145. The highest BCUT2D eigenvalue weighted by Crippen LogP contribution is 2.24. The zero-order chi connectivity index (χ0) is 44.6. The van der Waals surface area contributed by atoms with Gasteiger partial charge in [0.2, 0.25) is 0 Å². The van der Waals surface area contributed by atoms with Gasteiger partial charge in [0.25, 0.3) is 0 Å². The van der Waals surface area contributed by atoms with Gasteiger partial charge in [-0.2, -0.15) is 0 Å². The second-order valence-corrected chi connectivity index (χ2v) is 19.3. The maximum Gasteiger partial charge on any atom is 0.358 e. The molecule has 0 aliphatic rings. The van der Waals surface area contributed by atoms with Crippen LogP contribution in [0.4, 0.5) is 0 Å². The molecule has 0 radical (unpaired) electrons. The van der Waals surface area contributed by atoms with Crippen LogP contribution in [-0.4, -0.2) is 67.7 Å². The van der Waals surface area contributed by atoms with Crippen molar-refractivity contribution in [2.45, 2.75) is 252 Å². The summed E-state index contributed by atoms with van der Waals surface area (Å²) in [5.41, 5.74) is 0.431. The summed E-state index contributed by atoms with van der Waals surface area (Å²) in [6.07, 6.45) is 36.8.